The van der Waals surface area contributed by atoms with E-state index in [9.17, 15) is 14.7 Å². The number of pyridine rings is 1. The van der Waals surface area contributed by atoms with Crippen molar-refractivity contribution in [3.63, 3.8) is 0 Å². The first kappa shape index (κ1) is 22.2. The first-order chi connectivity index (χ1) is 14.5. The lowest BCUT2D eigenvalue weighted by Gasteiger charge is -2.04. The van der Waals surface area contributed by atoms with E-state index in [0.717, 1.165) is 10.8 Å². The van der Waals surface area contributed by atoms with E-state index in [1.165, 1.54) is 13.1 Å². The summed E-state index contributed by atoms with van der Waals surface area (Å²) in [6, 6.07) is 15.8. The zero-order valence-corrected chi connectivity index (χ0v) is 16.6. The zero-order valence-electron chi connectivity index (χ0n) is 16.6. The molecule has 0 fully saturated rings. The van der Waals surface area contributed by atoms with Crippen LogP contribution >= 0.6 is 0 Å². The Morgan fingerprint density at radius 1 is 1.07 bits per heavy atom. The molecular formula is C23H24N4O3. The van der Waals surface area contributed by atoms with Crippen LogP contribution in [0, 0.1) is 0 Å². The standard InChI is InChI=1S/C16H16N2O2.C7H8N2O/c17-8-2-1-3-9-18-16(20)14-5-4-13-11-15(19)7-6-12(13)10-14;1-6(10)9-7-4-2-3-5-8-7/h1-8,10-11,19H,9,17H2,(H,18,20);2-5H,1H3,(H,8,9,10)/b3-1-,8-2-;. The fourth-order valence-corrected chi connectivity index (χ4v) is 2.46. The van der Waals surface area contributed by atoms with Gasteiger partial charge in [0, 0.05) is 25.2 Å². The molecule has 0 spiro atoms. The molecule has 0 atom stereocenters. The van der Waals surface area contributed by atoms with Crippen LogP contribution in [0.25, 0.3) is 10.8 Å². The molecule has 3 aromatic rings. The molecule has 2 aromatic carbocycles. The molecule has 0 saturated carbocycles. The van der Waals surface area contributed by atoms with E-state index < -0.39 is 0 Å². The Balaban J connectivity index is 0.000000269. The van der Waals surface area contributed by atoms with E-state index in [1.807, 2.05) is 12.1 Å². The molecule has 0 saturated heterocycles. The number of amides is 2. The summed E-state index contributed by atoms with van der Waals surface area (Å²) in [5.74, 6) is 0.572. The monoisotopic (exact) mass is 404 g/mol. The van der Waals surface area contributed by atoms with Gasteiger partial charge in [-0.3, -0.25) is 9.59 Å². The van der Waals surface area contributed by atoms with Crippen molar-refractivity contribution < 1.29 is 14.7 Å². The van der Waals surface area contributed by atoms with Gasteiger partial charge in [0.15, 0.2) is 0 Å². The van der Waals surface area contributed by atoms with Gasteiger partial charge < -0.3 is 21.5 Å². The largest absolute Gasteiger partial charge is 0.508 e. The predicted octanol–water partition coefficient (Wildman–Crippen LogP) is 3.34. The average molecular weight is 404 g/mol. The molecule has 7 nitrogen and oxygen atoms in total. The number of fused-ring (bicyclic) bond motifs is 1. The molecule has 154 valence electrons. The van der Waals surface area contributed by atoms with Gasteiger partial charge in [0.2, 0.25) is 5.91 Å². The SMILES string of the molecule is CC(=O)Nc1ccccn1.N/C=C\C=C/CNC(=O)c1ccc2cc(O)ccc2c1. The maximum absolute atomic E-state index is 12.0. The first-order valence-electron chi connectivity index (χ1n) is 9.22. The van der Waals surface area contributed by atoms with Crippen molar-refractivity contribution in [2.24, 2.45) is 5.73 Å². The van der Waals surface area contributed by atoms with Crippen LogP contribution in [-0.4, -0.2) is 28.4 Å². The topological polar surface area (TPSA) is 117 Å². The van der Waals surface area contributed by atoms with Gasteiger partial charge in [0.1, 0.15) is 11.6 Å². The van der Waals surface area contributed by atoms with E-state index in [-0.39, 0.29) is 17.6 Å². The number of benzene rings is 2. The summed E-state index contributed by atoms with van der Waals surface area (Å²) in [7, 11) is 0. The number of hydrogen-bond donors (Lipinski definition) is 4. The van der Waals surface area contributed by atoms with Gasteiger partial charge in [-0.1, -0.05) is 30.4 Å². The van der Waals surface area contributed by atoms with Crippen molar-refractivity contribution >= 4 is 28.4 Å². The minimum absolute atomic E-state index is 0.0984. The summed E-state index contributed by atoms with van der Waals surface area (Å²) in [5.41, 5.74) is 5.78. The summed E-state index contributed by atoms with van der Waals surface area (Å²) in [6.07, 6.45) is 8.32. The number of phenols is 1. The van der Waals surface area contributed by atoms with Crippen LogP contribution in [-0.2, 0) is 4.79 Å². The fraction of sp³-hybridized carbons (Fsp3) is 0.0870. The Hall–Kier alpha value is -4.13. The molecule has 30 heavy (non-hydrogen) atoms. The number of nitrogens with zero attached hydrogens (tertiary/aromatic N) is 1. The van der Waals surface area contributed by atoms with E-state index in [4.69, 9.17) is 5.73 Å². The Labute approximate surface area is 174 Å². The first-order valence-corrected chi connectivity index (χ1v) is 9.22. The van der Waals surface area contributed by atoms with Crippen LogP contribution in [0.3, 0.4) is 0 Å². The van der Waals surface area contributed by atoms with Crippen molar-refractivity contribution in [1.29, 1.82) is 0 Å². The molecule has 5 N–H and O–H groups in total. The van der Waals surface area contributed by atoms with Crippen LogP contribution in [0.5, 0.6) is 5.75 Å². The van der Waals surface area contributed by atoms with Crippen molar-refractivity contribution in [1.82, 2.24) is 10.3 Å². The zero-order chi connectivity index (χ0) is 21.8. The van der Waals surface area contributed by atoms with Crippen LogP contribution < -0.4 is 16.4 Å². The molecule has 0 aliphatic heterocycles. The van der Waals surface area contributed by atoms with Crippen molar-refractivity contribution in [2.75, 3.05) is 11.9 Å². The number of carbonyl (C=O) groups is 2. The molecule has 3 rings (SSSR count). The summed E-state index contributed by atoms with van der Waals surface area (Å²) >= 11 is 0. The van der Waals surface area contributed by atoms with Gasteiger partial charge in [-0.15, -0.1) is 0 Å². The van der Waals surface area contributed by atoms with E-state index in [1.54, 1.807) is 66.9 Å². The lowest BCUT2D eigenvalue weighted by Crippen LogP contribution is -2.23. The summed E-state index contributed by atoms with van der Waals surface area (Å²) in [5, 5.41) is 16.5. The van der Waals surface area contributed by atoms with Gasteiger partial charge in [-0.05, 0) is 59.4 Å². The van der Waals surface area contributed by atoms with Gasteiger partial charge >= 0.3 is 0 Å². The van der Waals surface area contributed by atoms with Gasteiger partial charge in [0.05, 0.1) is 0 Å². The molecular weight excluding hydrogens is 380 g/mol. The predicted molar refractivity (Wildman–Crippen MR) is 119 cm³/mol. The second-order valence-electron chi connectivity index (χ2n) is 6.17. The third-order valence-electron chi connectivity index (χ3n) is 3.79. The maximum Gasteiger partial charge on any atom is 0.251 e. The molecule has 0 radical (unpaired) electrons. The molecule has 1 aromatic heterocycles. The highest BCUT2D eigenvalue weighted by Crippen LogP contribution is 2.21. The smallest absolute Gasteiger partial charge is 0.251 e. The van der Waals surface area contributed by atoms with E-state index >= 15 is 0 Å². The second kappa shape index (κ2) is 11.7. The van der Waals surface area contributed by atoms with Crippen LogP contribution in [0.15, 0.2) is 85.2 Å². The number of phenolic OH excluding ortho intramolecular Hbond substituents is 1. The van der Waals surface area contributed by atoms with E-state index in [0.29, 0.717) is 17.9 Å². The number of anilines is 1. The van der Waals surface area contributed by atoms with Gasteiger partial charge in [-0.25, -0.2) is 4.98 Å². The van der Waals surface area contributed by atoms with Crippen LogP contribution in [0.1, 0.15) is 17.3 Å². The number of hydrogen-bond acceptors (Lipinski definition) is 5. The average Bonchev–Trinajstić information content (AvgIpc) is 2.74. The number of nitrogens with two attached hydrogens (primary N) is 1. The molecule has 0 bridgehead atoms. The summed E-state index contributed by atoms with van der Waals surface area (Å²) in [4.78, 5) is 26.3. The highest BCUT2D eigenvalue weighted by molar-refractivity contribution is 5.98. The lowest BCUT2D eigenvalue weighted by molar-refractivity contribution is -0.114. The number of carbonyl (C=O) groups excluding carboxylic acids is 2. The minimum Gasteiger partial charge on any atom is -0.508 e. The Morgan fingerprint density at radius 2 is 1.83 bits per heavy atom. The number of allylic oxidation sites excluding steroid dienone is 2. The Kier molecular flexibility index (Phi) is 8.61. The Bertz CT molecular complexity index is 1050. The van der Waals surface area contributed by atoms with Gasteiger partial charge in [-0.2, -0.15) is 0 Å². The summed E-state index contributed by atoms with van der Waals surface area (Å²) < 4.78 is 0. The Morgan fingerprint density at radius 3 is 2.53 bits per heavy atom. The van der Waals surface area contributed by atoms with E-state index in [2.05, 4.69) is 15.6 Å². The molecule has 0 unspecified atom stereocenters. The molecule has 7 heteroatoms. The molecule has 0 aliphatic rings. The highest BCUT2D eigenvalue weighted by Gasteiger charge is 2.05. The third kappa shape index (κ3) is 7.47. The second-order valence-corrected chi connectivity index (χ2v) is 6.17. The summed E-state index contributed by atoms with van der Waals surface area (Å²) in [6.45, 7) is 1.89. The van der Waals surface area contributed by atoms with Crippen LogP contribution in [0.4, 0.5) is 5.82 Å². The quantitative estimate of drug-likeness (QED) is 0.487. The fourth-order valence-electron chi connectivity index (χ4n) is 2.46. The highest BCUT2D eigenvalue weighted by atomic mass is 16.3. The molecule has 0 aliphatic carbocycles. The number of nitrogens with one attached hydrogen (secondary N) is 2. The molecule has 2 amide bonds. The molecule has 1 heterocycles. The minimum atomic E-state index is -0.138. The van der Waals surface area contributed by atoms with Crippen molar-refractivity contribution in [2.45, 2.75) is 6.92 Å². The maximum atomic E-state index is 12.0. The normalized spacial score (nSPS) is 10.6. The van der Waals surface area contributed by atoms with Crippen molar-refractivity contribution in [3.05, 3.63) is 90.8 Å². The van der Waals surface area contributed by atoms with Crippen LogP contribution in [0.2, 0.25) is 0 Å². The lowest BCUT2D eigenvalue weighted by atomic mass is 10.1. The number of aromatic hydroxyl groups is 1. The van der Waals surface area contributed by atoms with Crippen molar-refractivity contribution in [3.8, 4) is 5.75 Å². The number of aromatic nitrogens is 1. The third-order valence-corrected chi connectivity index (χ3v) is 3.79. The van der Waals surface area contributed by atoms with Gasteiger partial charge in [0.25, 0.3) is 5.91 Å². The number of rotatable bonds is 5.